The maximum atomic E-state index is 12.8. The summed E-state index contributed by atoms with van der Waals surface area (Å²) in [6, 6.07) is 11.6. The number of alkyl halides is 3. The molecule has 1 unspecified atom stereocenters. The van der Waals surface area contributed by atoms with Gasteiger partial charge in [0.05, 0.1) is 13.5 Å². The van der Waals surface area contributed by atoms with Crippen molar-refractivity contribution in [3.05, 3.63) is 59.9 Å². The monoisotopic (exact) mass is 281 g/mol. The highest BCUT2D eigenvalue weighted by atomic mass is 19.4. The van der Waals surface area contributed by atoms with Gasteiger partial charge in [-0.2, -0.15) is 13.2 Å². The van der Waals surface area contributed by atoms with Crippen molar-refractivity contribution < 1.29 is 17.9 Å². The van der Waals surface area contributed by atoms with Crippen molar-refractivity contribution in [2.75, 3.05) is 7.11 Å². The van der Waals surface area contributed by atoms with E-state index < -0.39 is 18.5 Å². The molecule has 0 aliphatic carbocycles. The van der Waals surface area contributed by atoms with Crippen LogP contribution in [0.1, 0.15) is 23.6 Å². The zero-order valence-corrected chi connectivity index (χ0v) is 10.9. The minimum atomic E-state index is -4.26. The number of hydrogen-bond acceptors (Lipinski definition) is 2. The second-order valence-corrected chi connectivity index (χ2v) is 4.40. The Hall–Kier alpha value is -2.04. The van der Waals surface area contributed by atoms with Crippen LogP contribution in [0.5, 0.6) is 5.75 Å². The van der Waals surface area contributed by atoms with E-state index in [1.807, 2.05) is 0 Å². The van der Waals surface area contributed by atoms with E-state index >= 15 is 0 Å². The second-order valence-electron chi connectivity index (χ2n) is 4.40. The summed E-state index contributed by atoms with van der Waals surface area (Å²) in [6.45, 7) is 0. The van der Waals surface area contributed by atoms with Gasteiger partial charge in [-0.3, -0.25) is 4.98 Å². The first-order chi connectivity index (χ1) is 9.49. The first kappa shape index (κ1) is 14.4. The summed E-state index contributed by atoms with van der Waals surface area (Å²) in [5, 5.41) is 0. The molecule has 0 bridgehead atoms. The number of aromatic nitrogens is 1. The minimum absolute atomic E-state index is 0.401. The minimum Gasteiger partial charge on any atom is -0.497 e. The van der Waals surface area contributed by atoms with Gasteiger partial charge in [-0.15, -0.1) is 0 Å². The number of halogens is 3. The maximum Gasteiger partial charge on any atom is 0.390 e. The van der Waals surface area contributed by atoms with Gasteiger partial charge in [-0.05, 0) is 29.8 Å². The fourth-order valence-corrected chi connectivity index (χ4v) is 2.06. The lowest BCUT2D eigenvalue weighted by atomic mass is 9.91. The van der Waals surface area contributed by atoms with Gasteiger partial charge in [0.15, 0.2) is 0 Å². The van der Waals surface area contributed by atoms with E-state index in [9.17, 15) is 13.2 Å². The first-order valence-corrected chi connectivity index (χ1v) is 6.11. The fraction of sp³-hybridized carbons (Fsp3) is 0.267. The van der Waals surface area contributed by atoms with Crippen molar-refractivity contribution in [3.8, 4) is 5.75 Å². The number of pyridine rings is 1. The van der Waals surface area contributed by atoms with E-state index in [4.69, 9.17) is 4.74 Å². The summed E-state index contributed by atoms with van der Waals surface area (Å²) in [6.07, 6.45) is -3.71. The van der Waals surface area contributed by atoms with Crippen LogP contribution in [0, 0.1) is 0 Å². The number of hydrogen-bond donors (Lipinski definition) is 0. The average Bonchev–Trinajstić information content (AvgIpc) is 2.45. The Morgan fingerprint density at radius 2 is 1.95 bits per heavy atom. The van der Waals surface area contributed by atoms with Gasteiger partial charge in [0.25, 0.3) is 0 Å². The molecule has 1 atom stereocenters. The zero-order chi connectivity index (χ0) is 14.6. The summed E-state index contributed by atoms with van der Waals surface area (Å²) < 4.78 is 43.5. The predicted molar refractivity (Wildman–Crippen MR) is 69.7 cm³/mol. The number of methoxy groups -OCH3 is 1. The van der Waals surface area contributed by atoms with Crippen molar-refractivity contribution in [2.24, 2.45) is 0 Å². The van der Waals surface area contributed by atoms with Crippen molar-refractivity contribution in [2.45, 2.75) is 18.5 Å². The van der Waals surface area contributed by atoms with E-state index in [1.165, 1.54) is 13.3 Å². The van der Waals surface area contributed by atoms with Crippen LogP contribution in [0.2, 0.25) is 0 Å². The van der Waals surface area contributed by atoms with E-state index in [0.717, 1.165) is 0 Å². The smallest absolute Gasteiger partial charge is 0.390 e. The molecule has 2 rings (SSSR count). The van der Waals surface area contributed by atoms with Crippen molar-refractivity contribution in [1.82, 2.24) is 4.98 Å². The summed E-state index contributed by atoms with van der Waals surface area (Å²) in [5.41, 5.74) is 0.943. The molecule has 1 aromatic heterocycles. The van der Waals surface area contributed by atoms with Crippen LogP contribution >= 0.6 is 0 Å². The Labute approximate surface area is 115 Å². The van der Waals surface area contributed by atoms with Gasteiger partial charge in [0.2, 0.25) is 0 Å². The molecular weight excluding hydrogens is 267 g/mol. The molecule has 0 N–H and O–H groups in total. The van der Waals surface area contributed by atoms with Gasteiger partial charge in [-0.25, -0.2) is 0 Å². The second kappa shape index (κ2) is 5.94. The highest BCUT2D eigenvalue weighted by molar-refractivity contribution is 5.35. The van der Waals surface area contributed by atoms with Gasteiger partial charge in [0.1, 0.15) is 5.75 Å². The van der Waals surface area contributed by atoms with Gasteiger partial charge >= 0.3 is 6.18 Å². The fourth-order valence-electron chi connectivity index (χ4n) is 2.06. The van der Waals surface area contributed by atoms with Gasteiger partial charge < -0.3 is 4.74 Å². The van der Waals surface area contributed by atoms with Crippen LogP contribution in [0.4, 0.5) is 13.2 Å². The van der Waals surface area contributed by atoms with Crippen LogP contribution in [-0.4, -0.2) is 18.3 Å². The first-order valence-electron chi connectivity index (χ1n) is 6.11. The average molecular weight is 281 g/mol. The number of rotatable bonds is 4. The molecular formula is C15H14F3NO. The van der Waals surface area contributed by atoms with Crippen molar-refractivity contribution >= 4 is 0 Å². The quantitative estimate of drug-likeness (QED) is 0.839. The Kier molecular flexibility index (Phi) is 4.27. The van der Waals surface area contributed by atoms with E-state index in [0.29, 0.717) is 17.0 Å². The van der Waals surface area contributed by atoms with Crippen LogP contribution in [-0.2, 0) is 0 Å². The normalized spacial score (nSPS) is 13.0. The molecule has 20 heavy (non-hydrogen) atoms. The lowest BCUT2D eigenvalue weighted by molar-refractivity contribution is -0.137. The molecule has 0 aliphatic rings. The van der Waals surface area contributed by atoms with Crippen LogP contribution < -0.4 is 4.74 Å². The highest BCUT2D eigenvalue weighted by Gasteiger charge is 2.34. The Morgan fingerprint density at radius 1 is 1.15 bits per heavy atom. The lowest BCUT2D eigenvalue weighted by Crippen LogP contribution is -2.16. The standard InChI is InChI=1S/C15H14F3NO/c1-20-12-6-4-5-11(9-12)13(10-15(16,17)18)14-7-2-3-8-19-14/h2-9,13H,10H2,1H3. The number of ether oxygens (including phenoxy) is 1. The predicted octanol–water partition coefficient (Wildman–Crippen LogP) is 4.17. The Balaban J connectivity index is 2.40. The van der Waals surface area contributed by atoms with Crippen LogP contribution in [0.3, 0.4) is 0 Å². The molecule has 0 saturated heterocycles. The molecule has 2 nitrogen and oxygen atoms in total. The highest BCUT2D eigenvalue weighted by Crippen LogP contribution is 2.36. The topological polar surface area (TPSA) is 22.1 Å². The van der Waals surface area contributed by atoms with Crippen molar-refractivity contribution in [3.63, 3.8) is 0 Å². The Bertz CT molecular complexity index is 555. The SMILES string of the molecule is COc1cccc(C(CC(F)(F)F)c2ccccn2)c1. The van der Waals surface area contributed by atoms with Crippen molar-refractivity contribution in [1.29, 1.82) is 0 Å². The van der Waals surface area contributed by atoms with Gasteiger partial charge in [-0.1, -0.05) is 18.2 Å². The summed E-state index contributed by atoms with van der Waals surface area (Å²) in [5.74, 6) is -0.295. The molecule has 0 aliphatic heterocycles. The molecule has 0 amide bonds. The maximum absolute atomic E-state index is 12.8. The summed E-state index contributed by atoms with van der Waals surface area (Å²) in [7, 11) is 1.48. The van der Waals surface area contributed by atoms with E-state index in [2.05, 4.69) is 4.98 Å². The molecule has 1 aromatic carbocycles. The van der Waals surface area contributed by atoms with Crippen LogP contribution in [0.25, 0.3) is 0 Å². The van der Waals surface area contributed by atoms with Gasteiger partial charge in [0, 0.05) is 17.8 Å². The molecule has 0 saturated carbocycles. The van der Waals surface area contributed by atoms with Crippen LogP contribution in [0.15, 0.2) is 48.7 Å². The third kappa shape index (κ3) is 3.73. The van der Waals surface area contributed by atoms with E-state index in [1.54, 1.807) is 42.5 Å². The third-order valence-electron chi connectivity index (χ3n) is 2.98. The van der Waals surface area contributed by atoms with E-state index in [-0.39, 0.29) is 0 Å². The third-order valence-corrected chi connectivity index (χ3v) is 2.98. The lowest BCUT2D eigenvalue weighted by Gasteiger charge is -2.19. The number of benzene rings is 1. The molecule has 0 fully saturated rings. The molecule has 106 valence electrons. The molecule has 5 heteroatoms. The molecule has 2 aromatic rings. The molecule has 0 radical (unpaired) electrons. The summed E-state index contributed by atoms with van der Waals surface area (Å²) in [4.78, 5) is 4.05. The number of nitrogens with zero attached hydrogens (tertiary/aromatic N) is 1. The Morgan fingerprint density at radius 3 is 2.55 bits per heavy atom. The largest absolute Gasteiger partial charge is 0.497 e. The summed E-state index contributed by atoms with van der Waals surface area (Å²) >= 11 is 0. The zero-order valence-electron chi connectivity index (χ0n) is 10.9. The molecule has 1 heterocycles. The molecule has 0 spiro atoms.